The molecule has 2 aliphatic carbocycles. The Bertz CT molecular complexity index is 396. The molecule has 1 heterocycles. The summed E-state index contributed by atoms with van der Waals surface area (Å²) in [7, 11) is 0. The summed E-state index contributed by atoms with van der Waals surface area (Å²) in [5, 5.41) is 31.1. The molecular formula is C15H26O4. The number of hydrogen-bond donors (Lipinski definition) is 3. The van der Waals surface area contributed by atoms with E-state index in [2.05, 4.69) is 6.92 Å². The maximum Gasteiger partial charge on any atom is 0.0881 e. The predicted molar refractivity (Wildman–Crippen MR) is 70.5 cm³/mol. The van der Waals surface area contributed by atoms with Crippen molar-refractivity contribution < 1.29 is 20.1 Å². The number of fused-ring (bicyclic) bond motifs is 1. The fourth-order valence-corrected chi connectivity index (χ4v) is 5.20. The quantitative estimate of drug-likeness (QED) is 0.616. The van der Waals surface area contributed by atoms with E-state index < -0.39 is 29.3 Å². The van der Waals surface area contributed by atoms with E-state index in [0.29, 0.717) is 12.8 Å². The van der Waals surface area contributed by atoms with E-state index in [9.17, 15) is 15.3 Å². The van der Waals surface area contributed by atoms with Gasteiger partial charge < -0.3 is 20.1 Å². The van der Waals surface area contributed by atoms with Crippen LogP contribution in [0, 0.1) is 17.3 Å². The van der Waals surface area contributed by atoms with Crippen molar-refractivity contribution in [3.63, 3.8) is 0 Å². The minimum atomic E-state index is -0.826. The van der Waals surface area contributed by atoms with Gasteiger partial charge in [0.25, 0.3) is 0 Å². The van der Waals surface area contributed by atoms with Crippen molar-refractivity contribution in [3.05, 3.63) is 0 Å². The molecule has 0 aromatic rings. The molecule has 4 nitrogen and oxygen atoms in total. The largest absolute Gasteiger partial charge is 0.393 e. The number of aliphatic hydroxyl groups is 3. The minimum absolute atomic E-state index is 0.116. The monoisotopic (exact) mass is 270 g/mol. The molecule has 3 fully saturated rings. The van der Waals surface area contributed by atoms with Crippen LogP contribution in [-0.4, -0.2) is 44.8 Å². The molecule has 0 unspecified atom stereocenters. The van der Waals surface area contributed by atoms with Crippen molar-refractivity contribution >= 4 is 0 Å². The van der Waals surface area contributed by atoms with Crippen molar-refractivity contribution in [1.82, 2.24) is 0 Å². The summed E-state index contributed by atoms with van der Waals surface area (Å²) < 4.78 is 6.44. The first-order chi connectivity index (χ1) is 8.64. The molecule has 2 saturated carbocycles. The van der Waals surface area contributed by atoms with E-state index >= 15 is 0 Å². The Labute approximate surface area is 114 Å². The molecule has 0 aromatic heterocycles. The molecule has 1 spiro atoms. The van der Waals surface area contributed by atoms with E-state index in [1.165, 1.54) is 0 Å². The van der Waals surface area contributed by atoms with Gasteiger partial charge in [-0.25, -0.2) is 0 Å². The van der Waals surface area contributed by atoms with Crippen molar-refractivity contribution in [2.75, 3.05) is 0 Å². The van der Waals surface area contributed by atoms with Crippen LogP contribution in [0.25, 0.3) is 0 Å². The van der Waals surface area contributed by atoms with Crippen molar-refractivity contribution in [1.29, 1.82) is 0 Å². The summed E-state index contributed by atoms with van der Waals surface area (Å²) in [5.74, 6) is 0.304. The van der Waals surface area contributed by atoms with Crippen LogP contribution in [0.15, 0.2) is 0 Å². The van der Waals surface area contributed by atoms with Gasteiger partial charge in [0.1, 0.15) is 0 Å². The van der Waals surface area contributed by atoms with E-state index in [1.54, 1.807) is 0 Å². The van der Waals surface area contributed by atoms with Crippen molar-refractivity contribution in [3.8, 4) is 0 Å². The topological polar surface area (TPSA) is 69.9 Å². The number of hydrogen-bond acceptors (Lipinski definition) is 4. The summed E-state index contributed by atoms with van der Waals surface area (Å²) in [6.07, 6.45) is -0.167. The van der Waals surface area contributed by atoms with Crippen LogP contribution in [-0.2, 0) is 4.74 Å². The molecule has 110 valence electrons. The molecule has 0 radical (unpaired) electrons. The first-order valence-electron chi connectivity index (χ1n) is 7.38. The Hall–Kier alpha value is -0.160. The summed E-state index contributed by atoms with van der Waals surface area (Å²) in [6.45, 7) is 8.14. The summed E-state index contributed by atoms with van der Waals surface area (Å²) in [6, 6.07) is 0. The second kappa shape index (κ2) is 3.73. The van der Waals surface area contributed by atoms with Crippen LogP contribution in [0.1, 0.15) is 47.0 Å². The zero-order valence-corrected chi connectivity index (χ0v) is 12.3. The average molecular weight is 270 g/mol. The highest BCUT2D eigenvalue weighted by atomic mass is 16.5. The Morgan fingerprint density at radius 1 is 1.00 bits per heavy atom. The molecule has 3 aliphatic rings. The Balaban J connectivity index is 2.10. The molecule has 1 aliphatic heterocycles. The van der Waals surface area contributed by atoms with Crippen molar-refractivity contribution in [2.24, 2.45) is 17.3 Å². The third-order valence-corrected chi connectivity index (χ3v) is 6.33. The first kappa shape index (κ1) is 13.8. The minimum Gasteiger partial charge on any atom is -0.393 e. The Kier molecular flexibility index (Phi) is 2.71. The van der Waals surface area contributed by atoms with Gasteiger partial charge in [-0.15, -0.1) is 0 Å². The fourth-order valence-electron chi connectivity index (χ4n) is 5.20. The molecule has 7 atom stereocenters. The van der Waals surface area contributed by atoms with Gasteiger partial charge in [0, 0.05) is 11.3 Å². The third-order valence-electron chi connectivity index (χ3n) is 6.33. The zero-order chi connectivity index (χ0) is 14.2. The normalized spacial score (nSPS) is 59.8. The maximum atomic E-state index is 10.5. The summed E-state index contributed by atoms with van der Waals surface area (Å²) >= 11 is 0. The number of ether oxygens (including phenoxy) is 1. The van der Waals surface area contributed by atoms with Gasteiger partial charge in [0.05, 0.1) is 29.5 Å². The number of aliphatic hydroxyl groups excluding tert-OH is 3. The highest BCUT2D eigenvalue weighted by molar-refractivity contribution is 5.20. The second-order valence-corrected chi connectivity index (χ2v) is 7.74. The molecule has 2 bridgehead atoms. The summed E-state index contributed by atoms with van der Waals surface area (Å²) in [5.41, 5.74) is -1.36. The highest BCUT2D eigenvalue weighted by Crippen LogP contribution is 2.65. The van der Waals surface area contributed by atoms with Crippen LogP contribution in [0.5, 0.6) is 0 Å². The maximum absolute atomic E-state index is 10.5. The zero-order valence-electron chi connectivity index (χ0n) is 12.3. The standard InChI is InChI=1S/C15H26O4/c1-8-5-10(16)12(18)14(4)7-11(17)9-6-15(8,14)19-13(9,2)3/h8-12,16-18H,5-7H2,1-4H3/t8-,9+,10+,11-,12+,14-,15+/m1/s1. The van der Waals surface area contributed by atoms with E-state index in [4.69, 9.17) is 4.74 Å². The molecule has 19 heavy (non-hydrogen) atoms. The van der Waals surface area contributed by atoms with Gasteiger partial charge in [-0.2, -0.15) is 0 Å². The molecule has 0 amide bonds. The van der Waals surface area contributed by atoms with Gasteiger partial charge in [-0.3, -0.25) is 0 Å². The molecule has 0 aromatic carbocycles. The lowest BCUT2D eigenvalue weighted by molar-refractivity contribution is -0.255. The van der Waals surface area contributed by atoms with Gasteiger partial charge in [-0.05, 0) is 39.0 Å². The van der Waals surface area contributed by atoms with Crippen LogP contribution in [0.3, 0.4) is 0 Å². The van der Waals surface area contributed by atoms with Gasteiger partial charge in [0.2, 0.25) is 0 Å². The lowest BCUT2D eigenvalue weighted by atomic mass is 9.50. The molecule has 1 saturated heterocycles. The van der Waals surface area contributed by atoms with E-state index in [0.717, 1.165) is 6.42 Å². The first-order valence-corrected chi connectivity index (χ1v) is 7.38. The lowest BCUT2D eigenvalue weighted by Crippen LogP contribution is -2.66. The lowest BCUT2D eigenvalue weighted by Gasteiger charge is -2.59. The molecule has 4 heteroatoms. The summed E-state index contributed by atoms with van der Waals surface area (Å²) in [4.78, 5) is 0. The smallest absolute Gasteiger partial charge is 0.0881 e. The van der Waals surface area contributed by atoms with Crippen LogP contribution in [0.4, 0.5) is 0 Å². The average Bonchev–Trinajstić information content (AvgIpc) is 2.56. The second-order valence-electron chi connectivity index (χ2n) is 7.74. The highest BCUT2D eigenvalue weighted by Gasteiger charge is 2.71. The molecular weight excluding hydrogens is 244 g/mol. The fraction of sp³-hybridized carbons (Fsp3) is 1.00. The Morgan fingerprint density at radius 3 is 2.26 bits per heavy atom. The van der Waals surface area contributed by atoms with Gasteiger partial charge >= 0.3 is 0 Å². The van der Waals surface area contributed by atoms with Crippen LogP contribution < -0.4 is 0 Å². The van der Waals surface area contributed by atoms with Crippen LogP contribution >= 0.6 is 0 Å². The van der Waals surface area contributed by atoms with Gasteiger partial charge in [0.15, 0.2) is 0 Å². The van der Waals surface area contributed by atoms with E-state index in [1.807, 2.05) is 20.8 Å². The van der Waals surface area contributed by atoms with Gasteiger partial charge in [-0.1, -0.05) is 13.8 Å². The third kappa shape index (κ3) is 1.49. The number of rotatable bonds is 0. The molecule has 3 N–H and O–H groups in total. The van der Waals surface area contributed by atoms with Crippen LogP contribution in [0.2, 0.25) is 0 Å². The predicted octanol–water partition coefficient (Wildman–Crippen LogP) is 1.07. The van der Waals surface area contributed by atoms with E-state index in [-0.39, 0.29) is 17.4 Å². The van der Waals surface area contributed by atoms with Crippen molar-refractivity contribution in [2.45, 2.75) is 76.5 Å². The SMILES string of the molecule is C[C@@H]1C[C@H](O)[C@H](O)[C@@]2(C)C[C@@H](O)[C@@H]3C[C@]12OC3(C)C. The Morgan fingerprint density at radius 2 is 1.63 bits per heavy atom. The molecule has 3 rings (SSSR count).